The highest BCUT2D eigenvalue weighted by atomic mass is 32.1. The Kier molecular flexibility index (Phi) is 4.32. The highest BCUT2D eigenvalue weighted by Crippen LogP contribution is 2.30. The molecule has 1 aromatic carbocycles. The molecule has 1 aliphatic rings. The van der Waals surface area contributed by atoms with Gasteiger partial charge in [-0.3, -0.25) is 14.2 Å². The molecule has 0 bridgehead atoms. The lowest BCUT2D eigenvalue weighted by molar-refractivity contribution is -0.137. The van der Waals surface area contributed by atoms with Crippen LogP contribution in [0.25, 0.3) is 10.6 Å². The number of fused-ring (bicyclic) bond motifs is 1. The second-order valence-corrected chi connectivity index (χ2v) is 7.19. The Hall–Kier alpha value is -3.27. The maximum Gasteiger partial charge on any atom is 0.323 e. The Morgan fingerprint density at radius 2 is 2.15 bits per heavy atom. The van der Waals surface area contributed by atoms with Crippen molar-refractivity contribution in [1.82, 2.24) is 19.7 Å². The third kappa shape index (κ3) is 3.38. The van der Waals surface area contributed by atoms with E-state index in [9.17, 15) is 9.59 Å². The van der Waals surface area contributed by atoms with Crippen LogP contribution in [0.3, 0.4) is 0 Å². The second kappa shape index (κ2) is 6.80. The van der Waals surface area contributed by atoms with Crippen LogP contribution < -0.4 is 15.6 Å². The van der Waals surface area contributed by atoms with Crippen molar-refractivity contribution in [2.75, 3.05) is 11.9 Å². The van der Waals surface area contributed by atoms with E-state index in [0.29, 0.717) is 6.61 Å². The van der Waals surface area contributed by atoms with E-state index in [-0.39, 0.29) is 17.6 Å². The van der Waals surface area contributed by atoms with Gasteiger partial charge in [0.15, 0.2) is 5.69 Å². The average molecular weight is 385 g/mol. The average Bonchev–Trinajstić information content (AvgIpc) is 3.10. The summed E-state index contributed by atoms with van der Waals surface area (Å²) in [6.07, 6.45) is 1.18. The van der Waals surface area contributed by atoms with Crippen molar-refractivity contribution >= 4 is 23.0 Å². The number of aromatic nitrogens is 4. The predicted octanol–water partition coefficient (Wildman–Crippen LogP) is 1.70. The van der Waals surface area contributed by atoms with Gasteiger partial charge in [0.1, 0.15) is 29.5 Å². The van der Waals surface area contributed by atoms with Crippen molar-refractivity contribution in [3.8, 4) is 16.5 Å². The van der Waals surface area contributed by atoms with Crippen molar-refractivity contribution in [3.05, 3.63) is 51.5 Å². The molecule has 9 nitrogen and oxygen atoms in total. The van der Waals surface area contributed by atoms with Crippen molar-refractivity contribution in [2.45, 2.75) is 19.5 Å². The minimum atomic E-state index is -1.12. The summed E-state index contributed by atoms with van der Waals surface area (Å²) < 4.78 is 6.62. The van der Waals surface area contributed by atoms with Crippen molar-refractivity contribution < 1.29 is 14.6 Å². The molecule has 0 radical (unpaired) electrons. The number of carbonyl (C=O) groups is 1. The van der Waals surface area contributed by atoms with Gasteiger partial charge in [0.05, 0.1) is 6.04 Å². The standard InChI is InChI=1S/C17H15N5O4S/c1-9-20-21-16(27-9)11-4-2-10(3-5-11)12-7-26-15-14(19-12)17(25)22(8-18-15)6-13(23)24/h2-5,8,12,19H,6-7H2,1H3,(H,23,24)/t12-/m0/s1. The van der Waals surface area contributed by atoms with Crippen LogP contribution in [0.5, 0.6) is 5.88 Å². The molecule has 2 N–H and O–H groups in total. The fourth-order valence-corrected chi connectivity index (χ4v) is 3.49. The van der Waals surface area contributed by atoms with Crippen LogP contribution in [0, 0.1) is 6.92 Å². The van der Waals surface area contributed by atoms with E-state index < -0.39 is 18.1 Å². The first kappa shape index (κ1) is 17.2. The minimum Gasteiger partial charge on any atom is -0.480 e. The van der Waals surface area contributed by atoms with Gasteiger partial charge in [-0.15, -0.1) is 10.2 Å². The molecule has 3 heterocycles. The Balaban J connectivity index is 1.59. The van der Waals surface area contributed by atoms with Crippen LogP contribution in [0.1, 0.15) is 16.6 Å². The smallest absolute Gasteiger partial charge is 0.323 e. The molecular weight excluding hydrogens is 370 g/mol. The molecule has 10 heteroatoms. The Morgan fingerprint density at radius 1 is 1.37 bits per heavy atom. The molecule has 0 fully saturated rings. The third-order valence-electron chi connectivity index (χ3n) is 4.10. The first-order valence-corrected chi connectivity index (χ1v) is 8.94. The summed E-state index contributed by atoms with van der Waals surface area (Å²) >= 11 is 1.52. The van der Waals surface area contributed by atoms with E-state index in [2.05, 4.69) is 20.5 Å². The maximum absolute atomic E-state index is 12.5. The van der Waals surface area contributed by atoms with E-state index in [1.807, 2.05) is 31.2 Å². The van der Waals surface area contributed by atoms with Crippen LogP contribution in [0.4, 0.5) is 5.69 Å². The molecule has 0 aliphatic carbocycles. The summed E-state index contributed by atoms with van der Waals surface area (Å²) in [4.78, 5) is 27.4. The van der Waals surface area contributed by atoms with Crippen LogP contribution in [-0.2, 0) is 11.3 Å². The number of hydrogen-bond donors (Lipinski definition) is 2. The van der Waals surface area contributed by atoms with Gasteiger partial charge < -0.3 is 15.2 Å². The predicted molar refractivity (Wildman–Crippen MR) is 98.1 cm³/mol. The van der Waals surface area contributed by atoms with Gasteiger partial charge in [0.2, 0.25) is 5.88 Å². The number of anilines is 1. The summed E-state index contributed by atoms with van der Waals surface area (Å²) in [6.45, 7) is 1.75. The van der Waals surface area contributed by atoms with Gasteiger partial charge in [-0.1, -0.05) is 35.6 Å². The van der Waals surface area contributed by atoms with Gasteiger partial charge >= 0.3 is 5.97 Å². The van der Waals surface area contributed by atoms with Crippen LogP contribution in [-0.4, -0.2) is 37.4 Å². The summed E-state index contributed by atoms with van der Waals surface area (Å²) in [6, 6.07) is 7.50. The third-order valence-corrected chi connectivity index (χ3v) is 4.99. The molecule has 0 spiro atoms. The molecule has 2 aromatic heterocycles. The maximum atomic E-state index is 12.5. The van der Waals surface area contributed by atoms with E-state index in [0.717, 1.165) is 25.7 Å². The molecule has 3 aromatic rings. The number of nitrogens with zero attached hydrogens (tertiary/aromatic N) is 4. The zero-order chi connectivity index (χ0) is 19.0. The van der Waals surface area contributed by atoms with Crippen molar-refractivity contribution in [3.63, 3.8) is 0 Å². The monoisotopic (exact) mass is 385 g/mol. The molecule has 0 saturated carbocycles. The quantitative estimate of drug-likeness (QED) is 0.696. The zero-order valence-corrected chi connectivity index (χ0v) is 15.1. The Morgan fingerprint density at radius 3 is 2.81 bits per heavy atom. The van der Waals surface area contributed by atoms with E-state index >= 15 is 0 Å². The summed E-state index contributed by atoms with van der Waals surface area (Å²) in [5, 5.41) is 21.9. The van der Waals surface area contributed by atoms with Crippen LogP contribution in [0.2, 0.25) is 0 Å². The minimum absolute atomic E-state index is 0.166. The lowest BCUT2D eigenvalue weighted by Crippen LogP contribution is -2.33. The molecule has 1 aliphatic heterocycles. The number of aliphatic carboxylic acids is 1. The molecule has 4 rings (SSSR count). The summed E-state index contributed by atoms with van der Waals surface area (Å²) in [7, 11) is 0. The summed E-state index contributed by atoms with van der Waals surface area (Å²) in [5.41, 5.74) is 1.58. The highest BCUT2D eigenvalue weighted by Gasteiger charge is 2.25. The number of carboxylic acid groups (broad SMARTS) is 1. The lowest BCUT2D eigenvalue weighted by Gasteiger charge is -2.26. The SMILES string of the molecule is Cc1nnc(-c2ccc([C@@H]3COc4ncn(CC(=O)O)c(=O)c4N3)cc2)s1. The van der Waals surface area contributed by atoms with Gasteiger partial charge in [-0.05, 0) is 12.5 Å². The van der Waals surface area contributed by atoms with Gasteiger partial charge in [-0.25, -0.2) is 4.98 Å². The fourth-order valence-electron chi connectivity index (χ4n) is 2.79. The number of hydrogen-bond acceptors (Lipinski definition) is 8. The first-order chi connectivity index (χ1) is 13.0. The Labute approximate surface area is 157 Å². The normalized spacial score (nSPS) is 15.5. The molecule has 0 amide bonds. The van der Waals surface area contributed by atoms with Crippen molar-refractivity contribution in [1.29, 1.82) is 0 Å². The fraction of sp³-hybridized carbons (Fsp3) is 0.235. The number of ether oxygens (including phenoxy) is 1. The summed E-state index contributed by atoms with van der Waals surface area (Å²) in [5.74, 6) is -0.937. The number of rotatable bonds is 4. The topological polar surface area (TPSA) is 119 Å². The van der Waals surface area contributed by atoms with E-state index in [4.69, 9.17) is 9.84 Å². The Bertz CT molecular complexity index is 1060. The molecular formula is C17H15N5O4S. The number of aryl methyl sites for hydroxylation is 1. The molecule has 0 unspecified atom stereocenters. The van der Waals surface area contributed by atoms with Gasteiger partial charge in [0, 0.05) is 5.56 Å². The molecule has 0 saturated heterocycles. The highest BCUT2D eigenvalue weighted by molar-refractivity contribution is 7.14. The van der Waals surface area contributed by atoms with Gasteiger partial charge in [-0.2, -0.15) is 0 Å². The largest absolute Gasteiger partial charge is 0.480 e. The zero-order valence-electron chi connectivity index (χ0n) is 14.2. The van der Waals surface area contributed by atoms with Crippen molar-refractivity contribution in [2.24, 2.45) is 0 Å². The van der Waals surface area contributed by atoms with Gasteiger partial charge in [0.25, 0.3) is 5.56 Å². The number of benzene rings is 1. The molecule has 138 valence electrons. The lowest BCUT2D eigenvalue weighted by atomic mass is 10.0. The molecule has 27 heavy (non-hydrogen) atoms. The number of carboxylic acids is 1. The number of nitrogens with one attached hydrogen (secondary N) is 1. The second-order valence-electron chi connectivity index (χ2n) is 6.01. The first-order valence-electron chi connectivity index (χ1n) is 8.12. The van der Waals surface area contributed by atoms with E-state index in [1.165, 1.54) is 17.7 Å². The van der Waals surface area contributed by atoms with Crippen LogP contribution in [0.15, 0.2) is 35.4 Å². The van der Waals surface area contributed by atoms with Crippen LogP contribution >= 0.6 is 11.3 Å². The van der Waals surface area contributed by atoms with E-state index in [1.54, 1.807) is 0 Å². The molecule has 1 atom stereocenters.